The Hall–Kier alpha value is -1.34. The number of halogens is 2. The van der Waals surface area contributed by atoms with Gasteiger partial charge in [0.1, 0.15) is 5.82 Å². The molecule has 0 aliphatic heterocycles. The van der Waals surface area contributed by atoms with E-state index in [9.17, 15) is 4.39 Å². The average Bonchev–Trinajstić information content (AvgIpc) is 3.22. The zero-order valence-corrected chi connectivity index (χ0v) is 12.6. The third-order valence-corrected chi connectivity index (χ3v) is 5.57. The summed E-state index contributed by atoms with van der Waals surface area (Å²) in [5.74, 6) is 1.75. The molecule has 0 N–H and O–H groups in total. The van der Waals surface area contributed by atoms with Crippen molar-refractivity contribution in [2.45, 2.75) is 30.6 Å². The van der Waals surface area contributed by atoms with Crippen LogP contribution in [0.5, 0.6) is 0 Å². The summed E-state index contributed by atoms with van der Waals surface area (Å²) >= 11 is 6.68. The van der Waals surface area contributed by atoms with E-state index in [4.69, 9.17) is 11.6 Å². The molecule has 108 valence electrons. The van der Waals surface area contributed by atoms with Gasteiger partial charge in [-0.15, -0.1) is 11.6 Å². The average molecular weight is 301 g/mol. The van der Waals surface area contributed by atoms with Gasteiger partial charge >= 0.3 is 0 Å². The number of hydrogen-bond acceptors (Lipinski definition) is 0. The highest BCUT2D eigenvalue weighted by atomic mass is 35.5. The van der Waals surface area contributed by atoms with Gasteiger partial charge in [0.05, 0.1) is 0 Å². The van der Waals surface area contributed by atoms with Gasteiger partial charge < -0.3 is 0 Å². The Kier molecular flexibility index (Phi) is 3.26. The standard InChI is InChI=1S/C19H18ClF/c20-17(11-12-4-3-6-14(21)10-12)19-16-9-8-13-5-1-2-7-15(13)18(16)19/h1-7,10,16-19H,8-9,11H2. The summed E-state index contributed by atoms with van der Waals surface area (Å²) in [5.41, 5.74) is 4.01. The molecule has 2 aliphatic rings. The van der Waals surface area contributed by atoms with E-state index >= 15 is 0 Å². The van der Waals surface area contributed by atoms with Gasteiger partial charge in [-0.05, 0) is 65.8 Å². The highest BCUT2D eigenvalue weighted by molar-refractivity contribution is 6.21. The Bertz CT molecular complexity index is 666. The molecule has 4 rings (SSSR count). The van der Waals surface area contributed by atoms with Gasteiger partial charge in [-0.25, -0.2) is 4.39 Å². The van der Waals surface area contributed by atoms with E-state index < -0.39 is 0 Å². The molecule has 0 heterocycles. The molecular weight excluding hydrogens is 283 g/mol. The molecule has 0 radical (unpaired) electrons. The van der Waals surface area contributed by atoms with Gasteiger partial charge in [0.2, 0.25) is 0 Å². The summed E-state index contributed by atoms with van der Waals surface area (Å²) in [4.78, 5) is 0. The molecule has 1 fully saturated rings. The fourth-order valence-electron chi connectivity index (χ4n) is 4.14. The third kappa shape index (κ3) is 2.38. The molecule has 21 heavy (non-hydrogen) atoms. The van der Waals surface area contributed by atoms with Crippen molar-refractivity contribution in [3.05, 3.63) is 71.0 Å². The van der Waals surface area contributed by atoms with E-state index in [1.807, 2.05) is 6.07 Å². The predicted octanol–water partition coefficient (Wildman–Crippen LogP) is 4.95. The largest absolute Gasteiger partial charge is 0.207 e. The first-order valence-corrected chi connectivity index (χ1v) is 8.14. The van der Waals surface area contributed by atoms with Crippen LogP contribution in [-0.4, -0.2) is 5.38 Å². The summed E-state index contributed by atoms with van der Waals surface area (Å²) in [6.07, 6.45) is 3.19. The molecule has 0 amide bonds. The van der Waals surface area contributed by atoms with Crippen LogP contribution in [0.25, 0.3) is 0 Å². The van der Waals surface area contributed by atoms with Gasteiger partial charge in [0, 0.05) is 5.38 Å². The van der Waals surface area contributed by atoms with Gasteiger partial charge in [0.25, 0.3) is 0 Å². The van der Waals surface area contributed by atoms with E-state index in [0.29, 0.717) is 11.8 Å². The van der Waals surface area contributed by atoms with Gasteiger partial charge in [-0.1, -0.05) is 36.4 Å². The Labute approximate surface area is 130 Å². The predicted molar refractivity (Wildman–Crippen MR) is 84.2 cm³/mol. The van der Waals surface area contributed by atoms with Crippen LogP contribution in [0.3, 0.4) is 0 Å². The van der Waals surface area contributed by atoms with E-state index in [0.717, 1.165) is 17.9 Å². The minimum atomic E-state index is -0.171. The number of hydrogen-bond donors (Lipinski definition) is 0. The van der Waals surface area contributed by atoms with Crippen molar-refractivity contribution in [3.8, 4) is 0 Å². The van der Waals surface area contributed by atoms with Crippen molar-refractivity contribution in [2.75, 3.05) is 0 Å². The third-order valence-electron chi connectivity index (χ3n) is 5.13. The molecule has 2 aliphatic carbocycles. The van der Waals surface area contributed by atoms with Gasteiger partial charge in [-0.2, -0.15) is 0 Å². The first-order chi connectivity index (χ1) is 10.2. The quantitative estimate of drug-likeness (QED) is 0.703. The second-order valence-corrected chi connectivity index (χ2v) is 6.92. The van der Waals surface area contributed by atoms with Crippen LogP contribution >= 0.6 is 11.6 Å². The zero-order valence-electron chi connectivity index (χ0n) is 11.8. The fraction of sp³-hybridized carbons (Fsp3) is 0.368. The molecular formula is C19H18ClF. The van der Waals surface area contributed by atoms with Crippen LogP contribution in [-0.2, 0) is 12.8 Å². The Balaban J connectivity index is 1.52. The van der Waals surface area contributed by atoms with Crippen LogP contribution in [0.1, 0.15) is 29.0 Å². The van der Waals surface area contributed by atoms with Crippen LogP contribution in [0.4, 0.5) is 4.39 Å². The van der Waals surface area contributed by atoms with Crippen LogP contribution < -0.4 is 0 Å². The van der Waals surface area contributed by atoms with Crippen molar-refractivity contribution in [1.82, 2.24) is 0 Å². The first-order valence-electron chi connectivity index (χ1n) is 7.70. The number of rotatable bonds is 3. The second kappa shape index (κ2) is 5.14. The Morgan fingerprint density at radius 2 is 2.00 bits per heavy atom. The molecule has 2 heteroatoms. The number of fused-ring (bicyclic) bond motifs is 3. The summed E-state index contributed by atoms with van der Waals surface area (Å²) < 4.78 is 13.3. The van der Waals surface area contributed by atoms with E-state index in [-0.39, 0.29) is 11.2 Å². The van der Waals surface area contributed by atoms with Crippen molar-refractivity contribution < 1.29 is 4.39 Å². The lowest BCUT2D eigenvalue weighted by atomic mass is 9.92. The molecule has 0 aromatic heterocycles. The van der Waals surface area contributed by atoms with E-state index in [2.05, 4.69) is 24.3 Å². The molecule has 1 saturated carbocycles. The minimum Gasteiger partial charge on any atom is -0.207 e. The van der Waals surface area contributed by atoms with Crippen LogP contribution in [0.15, 0.2) is 48.5 Å². The van der Waals surface area contributed by atoms with Crippen LogP contribution in [0.2, 0.25) is 0 Å². The molecule has 4 unspecified atom stereocenters. The summed E-state index contributed by atoms with van der Waals surface area (Å²) in [7, 11) is 0. The summed E-state index contributed by atoms with van der Waals surface area (Å²) in [6, 6.07) is 15.6. The maximum Gasteiger partial charge on any atom is 0.123 e. The molecule has 2 aromatic rings. The highest BCUT2D eigenvalue weighted by Crippen LogP contribution is 2.62. The Morgan fingerprint density at radius 1 is 1.14 bits per heavy atom. The molecule has 4 atom stereocenters. The van der Waals surface area contributed by atoms with Crippen molar-refractivity contribution in [3.63, 3.8) is 0 Å². The molecule has 2 aromatic carbocycles. The molecule has 0 spiro atoms. The molecule has 0 nitrogen and oxygen atoms in total. The minimum absolute atomic E-state index is 0.105. The summed E-state index contributed by atoms with van der Waals surface area (Å²) in [6.45, 7) is 0. The van der Waals surface area contributed by atoms with Crippen molar-refractivity contribution in [2.24, 2.45) is 11.8 Å². The second-order valence-electron chi connectivity index (χ2n) is 6.35. The zero-order chi connectivity index (χ0) is 14.4. The number of aryl methyl sites for hydroxylation is 1. The smallest absolute Gasteiger partial charge is 0.123 e. The maximum atomic E-state index is 13.3. The van der Waals surface area contributed by atoms with Crippen molar-refractivity contribution in [1.29, 1.82) is 0 Å². The number of alkyl halides is 1. The normalized spacial score (nSPS) is 27.6. The molecule has 0 bridgehead atoms. The van der Waals surface area contributed by atoms with Gasteiger partial charge in [-0.3, -0.25) is 0 Å². The SMILES string of the molecule is Fc1cccc(CC(Cl)C2C3CCc4ccccc4C32)c1. The van der Waals surface area contributed by atoms with E-state index in [1.165, 1.54) is 30.0 Å². The Morgan fingerprint density at radius 3 is 2.86 bits per heavy atom. The lowest BCUT2D eigenvalue weighted by Gasteiger charge is -2.13. The highest BCUT2D eigenvalue weighted by Gasteiger charge is 2.55. The lowest BCUT2D eigenvalue weighted by Crippen LogP contribution is -2.08. The topological polar surface area (TPSA) is 0 Å². The summed E-state index contributed by atoms with van der Waals surface area (Å²) in [5, 5.41) is 0.105. The van der Waals surface area contributed by atoms with Gasteiger partial charge in [0.15, 0.2) is 0 Å². The maximum absolute atomic E-state index is 13.3. The van der Waals surface area contributed by atoms with E-state index in [1.54, 1.807) is 12.1 Å². The van der Waals surface area contributed by atoms with Crippen molar-refractivity contribution >= 4 is 11.6 Å². The fourth-order valence-corrected chi connectivity index (χ4v) is 4.66. The molecule has 0 saturated heterocycles. The lowest BCUT2D eigenvalue weighted by molar-refractivity contribution is 0.604. The van der Waals surface area contributed by atoms with Crippen LogP contribution in [0, 0.1) is 17.7 Å². The number of benzene rings is 2. The monoisotopic (exact) mass is 300 g/mol. The first kappa shape index (κ1) is 13.3.